The number of aliphatic hydroxyl groups excluding tert-OH is 1. The summed E-state index contributed by atoms with van der Waals surface area (Å²) in [6, 6.07) is 23.1. The van der Waals surface area contributed by atoms with Crippen molar-refractivity contribution in [1.29, 1.82) is 0 Å². The van der Waals surface area contributed by atoms with Crippen LogP contribution in [0.3, 0.4) is 0 Å². The SMILES string of the molecule is N[C@@H](Cc1ccccc1)C(=O)N[C@@H](CS)C(=O)N[C@@H](CO)C(=O)N[C@@H](Cc1c[nH]c2ccccc12)C(=O)N[C@@H](Cc1c[nH]c2ccccc12)C(=O)N[C@@H](Cc1c[nH]c2ccccc12)C(=O)O. The van der Waals surface area contributed by atoms with E-state index in [-0.39, 0.29) is 31.4 Å². The maximum absolute atomic E-state index is 14.6. The van der Waals surface area contributed by atoms with E-state index in [1.807, 2.05) is 103 Å². The van der Waals surface area contributed by atoms with E-state index < -0.39 is 78.4 Å². The first kappa shape index (κ1) is 46.6. The van der Waals surface area contributed by atoms with Crippen LogP contribution in [0, 0.1) is 0 Å². The number of aliphatic carboxylic acids is 1. The maximum atomic E-state index is 14.6. The normalized spacial score (nSPS) is 14.1. The van der Waals surface area contributed by atoms with Gasteiger partial charge in [-0.25, -0.2) is 4.79 Å². The first-order chi connectivity index (χ1) is 31.9. The Kier molecular flexibility index (Phi) is 15.2. The van der Waals surface area contributed by atoms with Gasteiger partial charge in [0, 0.05) is 76.3 Å². The molecule has 18 heteroatoms. The number of nitrogens with one attached hydrogen (secondary N) is 8. The highest BCUT2D eigenvalue weighted by molar-refractivity contribution is 7.80. The molecule has 7 rings (SSSR count). The van der Waals surface area contributed by atoms with Crippen LogP contribution < -0.4 is 32.3 Å². The van der Waals surface area contributed by atoms with E-state index in [2.05, 4.69) is 54.2 Å². The number of para-hydroxylation sites is 3. The molecule has 0 fully saturated rings. The van der Waals surface area contributed by atoms with Gasteiger partial charge in [0.25, 0.3) is 0 Å². The number of carboxylic acids is 1. The molecule has 342 valence electrons. The number of carbonyl (C=O) groups excluding carboxylic acids is 5. The van der Waals surface area contributed by atoms with Crippen molar-refractivity contribution < 1.29 is 39.0 Å². The van der Waals surface area contributed by atoms with Crippen molar-refractivity contribution in [3.8, 4) is 0 Å². The minimum absolute atomic E-state index is 0.0649. The molecule has 0 aliphatic carbocycles. The number of hydrogen-bond acceptors (Lipinski definition) is 9. The quantitative estimate of drug-likeness (QED) is 0.0471. The van der Waals surface area contributed by atoms with Crippen molar-refractivity contribution in [3.05, 3.63) is 144 Å². The first-order valence-electron chi connectivity index (χ1n) is 21.3. The molecule has 6 atom stereocenters. The molecular weight excluding hydrogens is 863 g/mol. The van der Waals surface area contributed by atoms with Crippen LogP contribution >= 0.6 is 12.6 Å². The van der Waals surface area contributed by atoms with Crippen molar-refractivity contribution in [2.24, 2.45) is 5.73 Å². The van der Waals surface area contributed by atoms with Gasteiger partial charge >= 0.3 is 5.97 Å². The fourth-order valence-electron chi connectivity index (χ4n) is 7.90. The number of hydrogen-bond donors (Lipinski definition) is 12. The average Bonchev–Trinajstić information content (AvgIpc) is 4.06. The van der Waals surface area contributed by atoms with Crippen LogP contribution in [0.2, 0.25) is 0 Å². The predicted molar refractivity (Wildman–Crippen MR) is 252 cm³/mol. The minimum atomic E-state index is -1.60. The Bertz CT molecular complexity index is 2840. The van der Waals surface area contributed by atoms with Crippen molar-refractivity contribution in [3.63, 3.8) is 0 Å². The molecule has 0 bridgehead atoms. The van der Waals surface area contributed by atoms with Crippen molar-refractivity contribution in [2.45, 2.75) is 61.9 Å². The summed E-state index contributed by atoms with van der Waals surface area (Å²) >= 11 is 4.22. The molecule has 0 saturated heterocycles. The van der Waals surface area contributed by atoms with Gasteiger partial charge in [0.2, 0.25) is 29.5 Å². The fraction of sp³-hybridized carbons (Fsp3) is 0.250. The number of aromatic nitrogens is 3. The van der Waals surface area contributed by atoms with E-state index >= 15 is 0 Å². The van der Waals surface area contributed by atoms with Crippen LogP contribution in [0.1, 0.15) is 22.3 Å². The molecule has 3 aromatic heterocycles. The Morgan fingerprint density at radius 2 is 0.848 bits per heavy atom. The largest absolute Gasteiger partial charge is 0.480 e. The molecule has 4 aromatic carbocycles. The summed E-state index contributed by atoms with van der Waals surface area (Å²) in [5.41, 5.74) is 11.2. The van der Waals surface area contributed by atoms with Crippen LogP contribution in [0.25, 0.3) is 32.7 Å². The minimum Gasteiger partial charge on any atom is -0.480 e. The molecule has 17 nitrogen and oxygen atoms in total. The lowest BCUT2D eigenvalue weighted by Crippen LogP contribution is -2.61. The van der Waals surface area contributed by atoms with Gasteiger partial charge in [0.1, 0.15) is 30.2 Å². The Hall–Kier alpha value is -7.41. The Labute approximate surface area is 384 Å². The van der Waals surface area contributed by atoms with Crippen LogP contribution in [0.5, 0.6) is 0 Å². The average molecular weight is 914 g/mol. The second kappa shape index (κ2) is 21.5. The van der Waals surface area contributed by atoms with E-state index in [0.29, 0.717) is 16.7 Å². The van der Waals surface area contributed by atoms with Gasteiger partial charge in [-0.2, -0.15) is 12.6 Å². The lowest BCUT2D eigenvalue weighted by molar-refractivity contribution is -0.142. The number of rotatable bonds is 21. The van der Waals surface area contributed by atoms with Gasteiger partial charge in [-0.05, 0) is 46.9 Å². The topological polar surface area (TPSA) is 276 Å². The molecule has 0 saturated carbocycles. The van der Waals surface area contributed by atoms with E-state index in [0.717, 1.165) is 38.3 Å². The number of carboxylic acid groups (broad SMARTS) is 1. The summed E-state index contributed by atoms with van der Waals surface area (Å²) in [6.45, 7) is -0.891. The summed E-state index contributed by atoms with van der Waals surface area (Å²) in [7, 11) is 0. The first-order valence-corrected chi connectivity index (χ1v) is 22.0. The summed E-state index contributed by atoms with van der Waals surface area (Å²) in [5.74, 6) is -5.48. The Morgan fingerprint density at radius 3 is 1.29 bits per heavy atom. The van der Waals surface area contributed by atoms with Gasteiger partial charge in [0.15, 0.2) is 0 Å². The molecule has 5 amide bonds. The van der Waals surface area contributed by atoms with Crippen molar-refractivity contribution in [2.75, 3.05) is 12.4 Å². The van der Waals surface area contributed by atoms with Gasteiger partial charge < -0.3 is 57.5 Å². The van der Waals surface area contributed by atoms with E-state index in [4.69, 9.17) is 5.73 Å². The summed E-state index contributed by atoms with van der Waals surface area (Å²) in [4.78, 5) is 91.5. The van der Waals surface area contributed by atoms with Gasteiger partial charge in [0.05, 0.1) is 12.6 Å². The highest BCUT2D eigenvalue weighted by Crippen LogP contribution is 2.23. The van der Waals surface area contributed by atoms with Gasteiger partial charge in [-0.3, -0.25) is 24.0 Å². The van der Waals surface area contributed by atoms with E-state index in [1.165, 1.54) is 0 Å². The summed E-state index contributed by atoms with van der Waals surface area (Å²) in [6.07, 6.45) is 5.03. The third kappa shape index (κ3) is 11.3. The Balaban J connectivity index is 1.12. The fourth-order valence-corrected chi connectivity index (χ4v) is 8.15. The zero-order valence-electron chi connectivity index (χ0n) is 35.6. The highest BCUT2D eigenvalue weighted by atomic mass is 32.1. The van der Waals surface area contributed by atoms with Gasteiger partial charge in [-0.1, -0.05) is 84.9 Å². The standard InChI is InChI=1S/C48H51N9O8S/c49-34(18-27-10-2-1-3-11-27)43(59)57-42(26-66)47(63)56-41(25-58)46(62)54-38(19-28-22-50-35-15-7-4-12-31(28)35)44(60)53-39(20-29-23-51-36-16-8-5-13-32(29)36)45(61)55-40(48(64)65)21-30-24-52-37-17-9-6-14-33(30)37/h1-17,22-24,34,38-42,50-52,58,66H,18-21,25-26,49H2,(H,53,60)(H,54,62)(H,55,61)(H,56,63)(H,57,59)(H,64,65)/t34-,38-,39-,40-,41-,42-/m0/s1. The van der Waals surface area contributed by atoms with Crippen molar-refractivity contribution in [1.82, 2.24) is 41.5 Å². The van der Waals surface area contributed by atoms with Crippen LogP contribution in [0.15, 0.2) is 122 Å². The van der Waals surface area contributed by atoms with E-state index in [9.17, 15) is 39.0 Å². The van der Waals surface area contributed by atoms with Crippen LogP contribution in [-0.4, -0.2) is 109 Å². The van der Waals surface area contributed by atoms with Crippen molar-refractivity contribution >= 4 is 80.8 Å². The molecule has 12 N–H and O–H groups in total. The summed E-state index contributed by atoms with van der Waals surface area (Å²) < 4.78 is 0. The second-order valence-corrected chi connectivity index (χ2v) is 16.4. The third-order valence-corrected chi connectivity index (χ3v) is 11.8. The zero-order valence-corrected chi connectivity index (χ0v) is 36.5. The second-order valence-electron chi connectivity index (χ2n) is 16.0. The number of nitrogens with two attached hydrogens (primary N) is 1. The number of amides is 5. The molecule has 7 aromatic rings. The highest BCUT2D eigenvalue weighted by Gasteiger charge is 2.34. The number of benzene rings is 4. The third-order valence-electron chi connectivity index (χ3n) is 11.4. The molecule has 3 heterocycles. The smallest absolute Gasteiger partial charge is 0.326 e. The molecule has 0 aliphatic rings. The van der Waals surface area contributed by atoms with E-state index in [1.54, 1.807) is 18.6 Å². The predicted octanol–water partition coefficient (Wildman–Crippen LogP) is 2.16. The molecule has 66 heavy (non-hydrogen) atoms. The monoisotopic (exact) mass is 913 g/mol. The Morgan fingerprint density at radius 1 is 0.485 bits per heavy atom. The van der Waals surface area contributed by atoms with Gasteiger partial charge in [-0.15, -0.1) is 0 Å². The molecule has 0 unspecified atom stereocenters. The molecule has 0 spiro atoms. The van der Waals surface area contributed by atoms with Crippen LogP contribution in [0.4, 0.5) is 0 Å². The number of fused-ring (bicyclic) bond motifs is 3. The maximum Gasteiger partial charge on any atom is 0.326 e. The number of aliphatic hydroxyl groups is 1. The number of H-pyrrole nitrogens is 3. The summed E-state index contributed by atoms with van der Waals surface area (Å²) in [5, 5.41) is 36.1. The zero-order chi connectivity index (χ0) is 46.7. The lowest BCUT2D eigenvalue weighted by atomic mass is 10.0. The number of thiol groups is 1. The van der Waals surface area contributed by atoms with Crippen LogP contribution in [-0.2, 0) is 54.5 Å². The molecular formula is C48H51N9O8S. The lowest BCUT2D eigenvalue weighted by Gasteiger charge is -2.26. The molecule has 0 radical (unpaired) electrons. The number of aromatic amines is 3. The molecule has 0 aliphatic heterocycles. The number of carbonyl (C=O) groups is 6.